The molecule has 0 fully saturated rings. The zero-order valence-corrected chi connectivity index (χ0v) is 12.2. The van der Waals surface area contributed by atoms with Crippen molar-refractivity contribution >= 4 is 11.6 Å². The summed E-state index contributed by atoms with van der Waals surface area (Å²) in [5.74, 6) is -0.0571. The number of carbonyl (C=O) groups is 1. The minimum atomic E-state index is -0.0571. The van der Waals surface area contributed by atoms with Crippen molar-refractivity contribution in [3.05, 3.63) is 66.2 Å². The van der Waals surface area contributed by atoms with Crippen LogP contribution in [0.1, 0.15) is 12.5 Å². The maximum Gasteiger partial charge on any atom is 0.253 e. The molecule has 0 aliphatic heterocycles. The molecule has 0 unspecified atom stereocenters. The van der Waals surface area contributed by atoms with Gasteiger partial charge in [0.25, 0.3) is 5.91 Å². The largest absolute Gasteiger partial charge is 0.311 e. The second kappa shape index (κ2) is 5.74. The van der Waals surface area contributed by atoms with Crippen LogP contribution in [0.5, 0.6) is 0 Å². The van der Waals surface area contributed by atoms with Crippen molar-refractivity contribution in [3.63, 3.8) is 0 Å². The smallest absolute Gasteiger partial charge is 0.253 e. The van der Waals surface area contributed by atoms with Gasteiger partial charge in [0.05, 0.1) is 0 Å². The molecule has 2 heteroatoms. The molecule has 0 aromatic heterocycles. The Labute approximate surface area is 120 Å². The Bertz CT molecular complexity index is 644. The van der Waals surface area contributed by atoms with E-state index in [9.17, 15) is 4.79 Å². The number of likely N-dealkylation sites (N-methyl/N-ethyl adjacent to an activating group) is 1. The molecule has 0 N–H and O–H groups in total. The molecule has 1 amide bonds. The SMILES string of the molecule is C=C(C)C(=O)N(C)c1cccc(-c2ccccc2)c1C. The Hall–Kier alpha value is -2.35. The summed E-state index contributed by atoms with van der Waals surface area (Å²) < 4.78 is 0. The van der Waals surface area contributed by atoms with Crippen molar-refractivity contribution in [2.24, 2.45) is 0 Å². The van der Waals surface area contributed by atoms with Gasteiger partial charge in [0, 0.05) is 18.3 Å². The lowest BCUT2D eigenvalue weighted by molar-refractivity contribution is -0.114. The summed E-state index contributed by atoms with van der Waals surface area (Å²) >= 11 is 0. The van der Waals surface area contributed by atoms with E-state index >= 15 is 0 Å². The van der Waals surface area contributed by atoms with E-state index in [4.69, 9.17) is 0 Å². The van der Waals surface area contributed by atoms with Crippen LogP contribution in [0.4, 0.5) is 5.69 Å². The van der Waals surface area contributed by atoms with Crippen LogP contribution >= 0.6 is 0 Å². The third kappa shape index (κ3) is 2.64. The van der Waals surface area contributed by atoms with Crippen LogP contribution in [-0.4, -0.2) is 13.0 Å². The lowest BCUT2D eigenvalue weighted by atomic mass is 9.98. The van der Waals surface area contributed by atoms with Gasteiger partial charge in [-0.25, -0.2) is 0 Å². The van der Waals surface area contributed by atoms with E-state index in [0.717, 1.165) is 22.4 Å². The predicted molar refractivity (Wildman–Crippen MR) is 84.8 cm³/mol. The third-order valence-corrected chi connectivity index (χ3v) is 3.42. The number of amides is 1. The maximum atomic E-state index is 12.1. The van der Waals surface area contributed by atoms with Crippen LogP contribution in [0.15, 0.2) is 60.7 Å². The first-order chi connectivity index (χ1) is 9.52. The zero-order chi connectivity index (χ0) is 14.7. The molecule has 0 bridgehead atoms. The van der Waals surface area contributed by atoms with Gasteiger partial charge in [-0.1, -0.05) is 49.0 Å². The van der Waals surface area contributed by atoms with Crippen LogP contribution in [0.25, 0.3) is 11.1 Å². The molecule has 0 saturated carbocycles. The third-order valence-electron chi connectivity index (χ3n) is 3.42. The van der Waals surface area contributed by atoms with Gasteiger partial charge in [-0.05, 0) is 36.6 Å². The van der Waals surface area contributed by atoms with Gasteiger partial charge in [0.2, 0.25) is 0 Å². The minimum absolute atomic E-state index is 0.0571. The average Bonchev–Trinajstić information content (AvgIpc) is 2.47. The summed E-state index contributed by atoms with van der Waals surface area (Å²) in [7, 11) is 1.79. The van der Waals surface area contributed by atoms with E-state index < -0.39 is 0 Å². The van der Waals surface area contributed by atoms with Crippen molar-refractivity contribution in [2.75, 3.05) is 11.9 Å². The van der Waals surface area contributed by atoms with E-state index in [1.807, 2.05) is 37.3 Å². The molecule has 0 aliphatic carbocycles. The van der Waals surface area contributed by atoms with Crippen LogP contribution in [0.2, 0.25) is 0 Å². The Morgan fingerprint density at radius 3 is 2.30 bits per heavy atom. The molecule has 0 spiro atoms. The van der Waals surface area contributed by atoms with E-state index in [0.29, 0.717) is 5.57 Å². The summed E-state index contributed by atoms with van der Waals surface area (Å²) in [5, 5.41) is 0. The van der Waals surface area contributed by atoms with Crippen molar-refractivity contribution in [1.29, 1.82) is 0 Å². The number of hydrogen-bond acceptors (Lipinski definition) is 1. The number of hydrogen-bond donors (Lipinski definition) is 0. The van der Waals surface area contributed by atoms with E-state index in [1.54, 1.807) is 18.9 Å². The van der Waals surface area contributed by atoms with Gasteiger partial charge in [-0.3, -0.25) is 4.79 Å². The molecule has 2 aromatic carbocycles. The lowest BCUT2D eigenvalue weighted by Crippen LogP contribution is -2.27. The van der Waals surface area contributed by atoms with E-state index in [1.165, 1.54) is 0 Å². The highest BCUT2D eigenvalue weighted by molar-refractivity contribution is 6.05. The predicted octanol–water partition coefficient (Wildman–Crippen LogP) is 4.20. The van der Waals surface area contributed by atoms with Crippen LogP contribution < -0.4 is 4.90 Å². The topological polar surface area (TPSA) is 20.3 Å². The van der Waals surface area contributed by atoms with Crippen molar-refractivity contribution in [3.8, 4) is 11.1 Å². The lowest BCUT2D eigenvalue weighted by Gasteiger charge is -2.21. The highest BCUT2D eigenvalue weighted by atomic mass is 16.2. The fraction of sp³-hybridized carbons (Fsp3) is 0.167. The molecule has 0 atom stereocenters. The number of carbonyl (C=O) groups excluding carboxylic acids is 1. The second-order valence-electron chi connectivity index (χ2n) is 4.96. The Balaban J connectivity index is 2.48. The summed E-state index contributed by atoms with van der Waals surface area (Å²) in [6.07, 6.45) is 0. The number of rotatable bonds is 3. The Kier molecular flexibility index (Phi) is 4.04. The number of benzene rings is 2. The standard InChI is InChI=1S/C18H19NO/c1-13(2)18(20)19(4)17-12-8-11-16(14(17)3)15-9-6-5-7-10-15/h5-12H,1H2,2-4H3. The maximum absolute atomic E-state index is 12.1. The quantitative estimate of drug-likeness (QED) is 0.762. The number of nitrogens with zero attached hydrogens (tertiary/aromatic N) is 1. The van der Waals surface area contributed by atoms with Gasteiger partial charge in [-0.15, -0.1) is 0 Å². The highest BCUT2D eigenvalue weighted by Gasteiger charge is 2.15. The van der Waals surface area contributed by atoms with Gasteiger partial charge in [0.1, 0.15) is 0 Å². The van der Waals surface area contributed by atoms with Gasteiger partial charge in [0.15, 0.2) is 0 Å². The number of anilines is 1. The van der Waals surface area contributed by atoms with Gasteiger partial charge in [-0.2, -0.15) is 0 Å². The Morgan fingerprint density at radius 1 is 1.05 bits per heavy atom. The van der Waals surface area contributed by atoms with E-state index in [-0.39, 0.29) is 5.91 Å². The first kappa shape index (κ1) is 14.1. The van der Waals surface area contributed by atoms with E-state index in [2.05, 4.69) is 24.8 Å². The fourth-order valence-electron chi connectivity index (χ4n) is 2.31. The normalized spacial score (nSPS) is 10.2. The Morgan fingerprint density at radius 2 is 1.70 bits per heavy atom. The molecule has 0 saturated heterocycles. The summed E-state index contributed by atoms with van der Waals surface area (Å²) in [4.78, 5) is 13.7. The molecule has 2 rings (SSSR count). The zero-order valence-electron chi connectivity index (χ0n) is 12.2. The van der Waals surface area contributed by atoms with Gasteiger partial charge < -0.3 is 4.90 Å². The average molecular weight is 265 g/mol. The highest BCUT2D eigenvalue weighted by Crippen LogP contribution is 2.30. The molecular weight excluding hydrogens is 246 g/mol. The molecule has 2 nitrogen and oxygen atoms in total. The van der Waals surface area contributed by atoms with Crippen LogP contribution in [0, 0.1) is 6.92 Å². The molecule has 20 heavy (non-hydrogen) atoms. The first-order valence-electron chi connectivity index (χ1n) is 6.61. The van der Waals surface area contributed by atoms with Gasteiger partial charge >= 0.3 is 0 Å². The molecule has 102 valence electrons. The van der Waals surface area contributed by atoms with Crippen molar-refractivity contribution in [2.45, 2.75) is 13.8 Å². The van der Waals surface area contributed by atoms with Crippen molar-refractivity contribution in [1.82, 2.24) is 0 Å². The fourth-order valence-corrected chi connectivity index (χ4v) is 2.31. The summed E-state index contributed by atoms with van der Waals surface area (Å²) in [6.45, 7) is 7.49. The molecule has 0 heterocycles. The first-order valence-corrected chi connectivity index (χ1v) is 6.61. The minimum Gasteiger partial charge on any atom is -0.311 e. The van der Waals surface area contributed by atoms with Crippen molar-refractivity contribution < 1.29 is 4.79 Å². The molecule has 0 aliphatic rings. The summed E-state index contributed by atoms with van der Waals surface area (Å²) in [6, 6.07) is 16.2. The molecule has 0 radical (unpaired) electrons. The monoisotopic (exact) mass is 265 g/mol. The molecular formula is C18H19NO. The second-order valence-corrected chi connectivity index (χ2v) is 4.96. The molecule has 2 aromatic rings. The summed E-state index contributed by atoms with van der Waals surface area (Å²) in [5.41, 5.74) is 4.85. The van der Waals surface area contributed by atoms with Crippen LogP contribution in [-0.2, 0) is 4.79 Å². The van der Waals surface area contributed by atoms with Crippen LogP contribution in [0.3, 0.4) is 0 Å².